The average molecular weight is 410 g/mol. The van der Waals surface area contributed by atoms with Gasteiger partial charge in [0.15, 0.2) is 0 Å². The molecule has 2 amide bonds. The van der Waals surface area contributed by atoms with Crippen LogP contribution in [0.25, 0.3) is 10.9 Å². The van der Waals surface area contributed by atoms with Gasteiger partial charge in [0, 0.05) is 34.7 Å². The van der Waals surface area contributed by atoms with E-state index in [0.29, 0.717) is 43.2 Å². The number of nitrogens with zero attached hydrogens (tertiary/aromatic N) is 3. The van der Waals surface area contributed by atoms with Gasteiger partial charge in [-0.1, -0.05) is 11.6 Å². The monoisotopic (exact) mass is 409 g/mol. The molecule has 1 aromatic heterocycles. The van der Waals surface area contributed by atoms with Crippen molar-refractivity contribution in [1.29, 1.82) is 0 Å². The summed E-state index contributed by atoms with van der Waals surface area (Å²) in [7, 11) is 0. The molecule has 1 spiro atoms. The molecule has 0 radical (unpaired) electrons. The number of rotatable bonds is 2. The summed E-state index contributed by atoms with van der Waals surface area (Å²) in [5.74, 6) is 0.0127. The van der Waals surface area contributed by atoms with Crippen molar-refractivity contribution in [1.82, 2.24) is 20.4 Å². The molecule has 0 bridgehead atoms. The number of H-pyrrole nitrogens is 1. The number of likely N-dealkylation sites (tertiary alicyclic amines) is 1. The zero-order chi connectivity index (χ0) is 20.0. The van der Waals surface area contributed by atoms with Crippen LogP contribution in [0.3, 0.4) is 0 Å². The fourth-order valence-corrected chi connectivity index (χ4v) is 4.51. The van der Waals surface area contributed by atoms with Crippen LogP contribution in [0.2, 0.25) is 5.02 Å². The van der Waals surface area contributed by atoms with Crippen molar-refractivity contribution in [2.75, 3.05) is 24.7 Å². The Kier molecular flexibility index (Phi) is 4.20. The highest BCUT2D eigenvalue weighted by atomic mass is 35.5. The number of nitrogens with one attached hydrogen (secondary N) is 2. The van der Waals surface area contributed by atoms with Crippen molar-refractivity contribution in [3.05, 3.63) is 59.2 Å². The van der Waals surface area contributed by atoms with E-state index in [1.165, 1.54) is 0 Å². The van der Waals surface area contributed by atoms with Crippen LogP contribution in [-0.4, -0.2) is 52.2 Å². The molecule has 5 rings (SSSR count). The van der Waals surface area contributed by atoms with Gasteiger partial charge in [-0.25, -0.2) is 0 Å². The Hall–Kier alpha value is -3.06. The Balaban J connectivity index is 1.35. The van der Waals surface area contributed by atoms with Gasteiger partial charge < -0.3 is 15.1 Å². The number of benzene rings is 2. The van der Waals surface area contributed by atoms with E-state index in [1.807, 2.05) is 47.4 Å². The lowest BCUT2D eigenvalue weighted by Crippen LogP contribution is -2.57. The maximum absolute atomic E-state index is 13.0. The number of piperidine rings is 1. The molecular weight excluding hydrogens is 390 g/mol. The normalized spacial score (nSPS) is 18.4. The molecular formula is C21H20ClN5O2. The van der Waals surface area contributed by atoms with Crippen molar-refractivity contribution in [2.24, 2.45) is 0 Å². The summed E-state index contributed by atoms with van der Waals surface area (Å²) in [5.41, 5.74) is 1.87. The number of carbonyl (C=O) groups is 2. The minimum absolute atomic E-state index is 0.0144. The molecule has 2 aromatic carbocycles. The number of hydrogen-bond donors (Lipinski definition) is 2. The molecule has 29 heavy (non-hydrogen) atoms. The van der Waals surface area contributed by atoms with E-state index in [2.05, 4.69) is 20.4 Å². The van der Waals surface area contributed by atoms with Crippen LogP contribution in [-0.2, 0) is 4.79 Å². The first-order valence-electron chi connectivity index (χ1n) is 9.61. The number of hydrogen-bond acceptors (Lipinski definition) is 4. The zero-order valence-corrected chi connectivity index (χ0v) is 16.4. The van der Waals surface area contributed by atoms with Crippen molar-refractivity contribution in [2.45, 2.75) is 18.4 Å². The van der Waals surface area contributed by atoms with Crippen LogP contribution in [0, 0.1) is 0 Å². The quantitative estimate of drug-likeness (QED) is 0.682. The van der Waals surface area contributed by atoms with E-state index in [1.54, 1.807) is 6.20 Å². The van der Waals surface area contributed by atoms with Crippen molar-refractivity contribution in [3.8, 4) is 0 Å². The van der Waals surface area contributed by atoms with Gasteiger partial charge in [-0.3, -0.25) is 14.7 Å². The molecule has 7 nitrogen and oxygen atoms in total. The Labute approximate surface area is 172 Å². The van der Waals surface area contributed by atoms with Gasteiger partial charge in [0.2, 0.25) is 5.91 Å². The molecule has 3 heterocycles. The largest absolute Gasteiger partial charge is 0.339 e. The molecule has 3 aromatic rings. The molecule has 2 saturated heterocycles. The van der Waals surface area contributed by atoms with Crippen LogP contribution in [0.15, 0.2) is 48.7 Å². The molecule has 0 atom stereocenters. The second-order valence-corrected chi connectivity index (χ2v) is 8.00. The van der Waals surface area contributed by atoms with E-state index in [9.17, 15) is 9.59 Å². The van der Waals surface area contributed by atoms with Crippen molar-refractivity contribution in [3.63, 3.8) is 0 Å². The Morgan fingerprint density at radius 3 is 2.62 bits per heavy atom. The summed E-state index contributed by atoms with van der Waals surface area (Å²) in [6.45, 7) is 1.52. The number of anilines is 1. The maximum Gasteiger partial charge on any atom is 0.253 e. The van der Waals surface area contributed by atoms with E-state index in [4.69, 9.17) is 11.6 Å². The molecule has 148 valence electrons. The molecule has 2 aliphatic heterocycles. The summed E-state index contributed by atoms with van der Waals surface area (Å²) < 4.78 is 0. The second kappa shape index (κ2) is 6.77. The topological polar surface area (TPSA) is 81.3 Å². The van der Waals surface area contributed by atoms with E-state index in [0.717, 1.165) is 16.6 Å². The maximum atomic E-state index is 13.0. The summed E-state index contributed by atoms with van der Waals surface area (Å²) in [6.07, 6.45) is 2.88. The molecule has 2 N–H and O–H groups in total. The van der Waals surface area contributed by atoms with E-state index < -0.39 is 5.54 Å². The molecule has 2 fully saturated rings. The Morgan fingerprint density at radius 2 is 1.86 bits per heavy atom. The van der Waals surface area contributed by atoms with Crippen molar-refractivity contribution >= 4 is 40.0 Å². The third-order valence-electron chi connectivity index (χ3n) is 6.04. The summed E-state index contributed by atoms with van der Waals surface area (Å²) in [5, 5.41) is 11.4. The number of halogens is 1. The molecule has 8 heteroatoms. The predicted molar refractivity (Wildman–Crippen MR) is 111 cm³/mol. The fraction of sp³-hybridized carbons (Fsp3) is 0.286. The summed E-state index contributed by atoms with van der Waals surface area (Å²) in [4.78, 5) is 29.7. The van der Waals surface area contributed by atoms with Gasteiger partial charge in [-0.05, 0) is 55.3 Å². The first kappa shape index (κ1) is 18.0. The minimum Gasteiger partial charge on any atom is -0.339 e. The zero-order valence-electron chi connectivity index (χ0n) is 15.7. The predicted octanol–water partition coefficient (Wildman–Crippen LogP) is 2.79. The minimum atomic E-state index is -0.626. The molecule has 0 unspecified atom stereocenters. The first-order chi connectivity index (χ1) is 14.1. The van der Waals surface area contributed by atoms with Crippen LogP contribution in [0.5, 0.6) is 0 Å². The average Bonchev–Trinajstić information content (AvgIpc) is 3.34. The van der Waals surface area contributed by atoms with E-state index in [-0.39, 0.29) is 11.8 Å². The van der Waals surface area contributed by atoms with E-state index >= 15 is 0 Å². The van der Waals surface area contributed by atoms with Crippen LogP contribution in [0.4, 0.5) is 5.69 Å². The SMILES string of the molecule is O=C(c1ccc2[nH]ncc2c1)N1CCC2(CC1)C(=O)NCN2c1ccc(Cl)cc1. The fourth-order valence-electron chi connectivity index (χ4n) is 4.38. The highest BCUT2D eigenvalue weighted by Crippen LogP contribution is 2.37. The van der Waals surface area contributed by atoms with Gasteiger partial charge in [-0.15, -0.1) is 0 Å². The molecule has 0 aliphatic carbocycles. The highest BCUT2D eigenvalue weighted by molar-refractivity contribution is 6.30. The Bertz CT molecular complexity index is 1090. The van der Waals surface area contributed by atoms with Crippen LogP contribution in [0.1, 0.15) is 23.2 Å². The third kappa shape index (κ3) is 2.93. The van der Waals surface area contributed by atoms with Crippen molar-refractivity contribution < 1.29 is 9.59 Å². The van der Waals surface area contributed by atoms with Gasteiger partial charge in [0.25, 0.3) is 5.91 Å². The smallest absolute Gasteiger partial charge is 0.253 e. The summed E-state index contributed by atoms with van der Waals surface area (Å²) >= 11 is 6.01. The lowest BCUT2D eigenvalue weighted by molar-refractivity contribution is -0.124. The standard InChI is InChI=1S/C21H20ClN5O2/c22-16-2-4-17(5-3-16)27-13-23-20(29)21(27)7-9-26(10-8-21)19(28)14-1-6-18-15(11-14)12-24-25-18/h1-6,11-12H,7-10,13H2,(H,23,29)(H,24,25). The van der Waals surface area contributed by atoms with Gasteiger partial charge >= 0.3 is 0 Å². The number of amides is 2. The lowest BCUT2D eigenvalue weighted by atomic mass is 9.85. The Morgan fingerprint density at radius 1 is 1.10 bits per heavy atom. The number of aromatic amines is 1. The van der Waals surface area contributed by atoms with Gasteiger partial charge in [-0.2, -0.15) is 5.10 Å². The third-order valence-corrected chi connectivity index (χ3v) is 6.29. The van der Waals surface area contributed by atoms with Crippen LogP contribution < -0.4 is 10.2 Å². The number of fused-ring (bicyclic) bond motifs is 1. The van der Waals surface area contributed by atoms with Crippen LogP contribution >= 0.6 is 11.6 Å². The number of carbonyl (C=O) groups excluding carboxylic acids is 2. The first-order valence-corrected chi connectivity index (χ1v) is 9.99. The molecule has 0 saturated carbocycles. The second-order valence-electron chi connectivity index (χ2n) is 7.56. The van der Waals surface area contributed by atoms with Gasteiger partial charge in [0.05, 0.1) is 18.4 Å². The van der Waals surface area contributed by atoms with Gasteiger partial charge in [0.1, 0.15) is 5.54 Å². The number of aromatic nitrogens is 2. The summed E-state index contributed by atoms with van der Waals surface area (Å²) in [6, 6.07) is 13.1. The highest BCUT2D eigenvalue weighted by Gasteiger charge is 2.50. The molecule has 2 aliphatic rings. The lowest BCUT2D eigenvalue weighted by Gasteiger charge is -2.43.